The van der Waals surface area contributed by atoms with E-state index >= 15 is 0 Å². The van der Waals surface area contributed by atoms with Crippen molar-refractivity contribution in [2.24, 2.45) is 0 Å². The molecule has 0 bridgehead atoms. The van der Waals surface area contributed by atoms with Gasteiger partial charge in [-0.15, -0.1) is 0 Å². The van der Waals surface area contributed by atoms with Crippen LogP contribution in [-0.2, 0) is 16.2 Å². The third-order valence-electron chi connectivity index (χ3n) is 4.99. The molecule has 0 spiro atoms. The summed E-state index contributed by atoms with van der Waals surface area (Å²) in [7, 11) is 0. The van der Waals surface area contributed by atoms with Crippen molar-refractivity contribution in [3.8, 4) is 5.75 Å². The maximum atomic E-state index is 12.8. The first-order valence-corrected chi connectivity index (χ1v) is 10.8. The highest BCUT2D eigenvalue weighted by atomic mass is 79.9. The van der Waals surface area contributed by atoms with Gasteiger partial charge in [0.2, 0.25) is 5.75 Å². The SMILES string of the molecule is O=C1NN(c2ccccc2)C(=O)/C1=C\c1cc(Br)c(OCc2ccc([N+](=O)[O-])cc2)c([N+](=O)[O-])c1. The number of hydrazine groups is 1. The second-order valence-corrected chi connectivity index (χ2v) is 8.15. The zero-order valence-electron chi connectivity index (χ0n) is 17.7. The quantitative estimate of drug-likeness (QED) is 0.204. The van der Waals surface area contributed by atoms with E-state index in [9.17, 15) is 29.8 Å². The summed E-state index contributed by atoms with van der Waals surface area (Å²) in [6, 6.07) is 16.8. The molecule has 12 heteroatoms. The number of nitro groups is 2. The van der Waals surface area contributed by atoms with Crippen LogP contribution in [0.15, 0.2) is 76.8 Å². The molecule has 0 aromatic heterocycles. The first kappa shape index (κ1) is 23.6. The van der Waals surface area contributed by atoms with Gasteiger partial charge in [-0.25, -0.2) is 5.01 Å². The number of ether oxygens (including phenoxy) is 1. The molecule has 1 aliphatic rings. The molecule has 0 atom stereocenters. The second kappa shape index (κ2) is 9.73. The van der Waals surface area contributed by atoms with E-state index in [0.717, 1.165) is 5.01 Å². The Balaban J connectivity index is 1.60. The monoisotopic (exact) mass is 538 g/mol. The number of hydrogen-bond donors (Lipinski definition) is 1. The highest BCUT2D eigenvalue weighted by Crippen LogP contribution is 2.38. The average molecular weight is 539 g/mol. The van der Waals surface area contributed by atoms with Gasteiger partial charge in [0.25, 0.3) is 17.5 Å². The number of para-hydroxylation sites is 1. The number of amides is 2. The summed E-state index contributed by atoms with van der Waals surface area (Å²) >= 11 is 3.25. The van der Waals surface area contributed by atoms with Gasteiger partial charge >= 0.3 is 5.69 Å². The lowest BCUT2D eigenvalue weighted by Gasteiger charge is -2.13. The molecular weight excluding hydrogens is 524 g/mol. The molecule has 1 fully saturated rings. The van der Waals surface area contributed by atoms with Crippen molar-refractivity contribution in [1.82, 2.24) is 5.43 Å². The summed E-state index contributed by atoms with van der Waals surface area (Å²) in [6.07, 6.45) is 1.26. The van der Waals surface area contributed by atoms with Crippen LogP contribution in [0.4, 0.5) is 17.1 Å². The number of hydrogen-bond acceptors (Lipinski definition) is 7. The predicted octanol–water partition coefficient (Wildman–Crippen LogP) is 4.31. The molecule has 1 heterocycles. The van der Waals surface area contributed by atoms with E-state index < -0.39 is 21.7 Å². The molecule has 35 heavy (non-hydrogen) atoms. The van der Waals surface area contributed by atoms with Crippen LogP contribution < -0.4 is 15.2 Å². The number of carbonyl (C=O) groups is 2. The number of nitrogens with one attached hydrogen (secondary N) is 1. The number of anilines is 1. The molecule has 3 aromatic carbocycles. The fourth-order valence-electron chi connectivity index (χ4n) is 3.31. The minimum Gasteiger partial charge on any atom is -0.481 e. The van der Waals surface area contributed by atoms with Gasteiger partial charge in [-0.3, -0.25) is 35.2 Å². The molecule has 0 radical (unpaired) electrons. The Bertz CT molecular complexity index is 1370. The molecule has 1 aliphatic heterocycles. The van der Waals surface area contributed by atoms with Crippen LogP contribution in [-0.4, -0.2) is 21.7 Å². The Morgan fingerprint density at radius 1 is 0.971 bits per heavy atom. The first-order valence-electron chi connectivity index (χ1n) is 10.0. The Labute approximate surface area is 206 Å². The van der Waals surface area contributed by atoms with Crippen LogP contribution in [0.1, 0.15) is 11.1 Å². The predicted molar refractivity (Wildman–Crippen MR) is 128 cm³/mol. The maximum Gasteiger partial charge on any atom is 0.312 e. The summed E-state index contributed by atoms with van der Waals surface area (Å²) in [5.74, 6) is -1.31. The molecule has 2 amide bonds. The number of benzene rings is 3. The van der Waals surface area contributed by atoms with Gasteiger partial charge in [-0.2, -0.15) is 0 Å². The van der Waals surface area contributed by atoms with Gasteiger partial charge in [0.15, 0.2) is 0 Å². The minimum atomic E-state index is -0.648. The highest BCUT2D eigenvalue weighted by Gasteiger charge is 2.34. The van der Waals surface area contributed by atoms with Crippen LogP contribution in [0.25, 0.3) is 6.08 Å². The zero-order chi connectivity index (χ0) is 25.1. The van der Waals surface area contributed by atoms with Gasteiger partial charge in [0.05, 0.1) is 20.0 Å². The average Bonchev–Trinajstić information content (AvgIpc) is 3.12. The van der Waals surface area contributed by atoms with E-state index in [0.29, 0.717) is 11.3 Å². The van der Waals surface area contributed by atoms with Crippen LogP contribution in [0.5, 0.6) is 5.75 Å². The van der Waals surface area contributed by atoms with Crippen molar-refractivity contribution in [3.05, 3.63) is 108 Å². The van der Waals surface area contributed by atoms with E-state index in [2.05, 4.69) is 21.4 Å². The summed E-state index contributed by atoms with van der Waals surface area (Å²) in [4.78, 5) is 46.5. The number of rotatable bonds is 7. The van der Waals surface area contributed by atoms with Gasteiger partial charge in [-0.05, 0) is 63.5 Å². The van der Waals surface area contributed by atoms with Crippen LogP contribution in [0.2, 0.25) is 0 Å². The van der Waals surface area contributed by atoms with Crippen molar-refractivity contribution >= 4 is 50.9 Å². The van der Waals surface area contributed by atoms with Crippen molar-refractivity contribution in [2.45, 2.75) is 6.61 Å². The summed E-state index contributed by atoms with van der Waals surface area (Å²) < 4.78 is 5.85. The van der Waals surface area contributed by atoms with Crippen molar-refractivity contribution < 1.29 is 24.2 Å². The Kier molecular flexibility index (Phi) is 6.55. The van der Waals surface area contributed by atoms with Crippen LogP contribution in [0, 0.1) is 20.2 Å². The van der Waals surface area contributed by atoms with Gasteiger partial charge in [0, 0.05) is 18.2 Å². The Morgan fingerprint density at radius 2 is 1.66 bits per heavy atom. The molecule has 0 aliphatic carbocycles. The topological polar surface area (TPSA) is 145 Å². The molecule has 1 N–H and O–H groups in total. The third-order valence-corrected chi connectivity index (χ3v) is 5.58. The molecule has 176 valence electrons. The summed E-state index contributed by atoms with van der Waals surface area (Å²) in [5.41, 5.74) is 3.07. The van der Waals surface area contributed by atoms with Crippen LogP contribution >= 0.6 is 15.9 Å². The normalized spacial score (nSPS) is 14.2. The molecule has 0 unspecified atom stereocenters. The summed E-state index contributed by atoms with van der Waals surface area (Å²) in [5, 5.41) is 23.6. The summed E-state index contributed by atoms with van der Waals surface area (Å²) in [6.45, 7) is -0.0786. The molecule has 1 saturated heterocycles. The van der Waals surface area contributed by atoms with E-state index in [1.54, 1.807) is 30.3 Å². The van der Waals surface area contributed by atoms with E-state index in [-0.39, 0.29) is 39.3 Å². The van der Waals surface area contributed by atoms with E-state index in [1.165, 1.54) is 42.5 Å². The van der Waals surface area contributed by atoms with E-state index in [4.69, 9.17) is 4.74 Å². The molecule has 4 rings (SSSR count). The largest absolute Gasteiger partial charge is 0.481 e. The lowest BCUT2D eigenvalue weighted by molar-refractivity contribution is -0.386. The molecule has 11 nitrogen and oxygen atoms in total. The number of halogens is 1. The Morgan fingerprint density at radius 3 is 2.29 bits per heavy atom. The number of nitrogens with zero attached hydrogens (tertiary/aromatic N) is 3. The minimum absolute atomic E-state index is 0.0661. The number of non-ortho nitro benzene ring substituents is 1. The van der Waals surface area contributed by atoms with E-state index in [1.807, 2.05) is 0 Å². The fourth-order valence-corrected chi connectivity index (χ4v) is 3.90. The van der Waals surface area contributed by atoms with Crippen molar-refractivity contribution in [1.29, 1.82) is 0 Å². The molecule has 3 aromatic rings. The van der Waals surface area contributed by atoms with Crippen molar-refractivity contribution in [3.63, 3.8) is 0 Å². The third kappa shape index (κ3) is 5.01. The maximum absolute atomic E-state index is 12.8. The van der Waals surface area contributed by atoms with Crippen molar-refractivity contribution in [2.75, 3.05) is 5.01 Å². The smallest absolute Gasteiger partial charge is 0.312 e. The molecule has 0 saturated carbocycles. The number of carbonyl (C=O) groups excluding carboxylic acids is 2. The standard InChI is InChI=1S/C23H15BrN4O7/c24-19-11-15(10-18-22(29)25-26(23(18)30)16-4-2-1-3-5-16)12-20(28(33)34)21(19)35-13-14-6-8-17(9-7-14)27(31)32/h1-12H,13H2,(H,25,29)/b18-10-. The first-order chi connectivity index (χ1) is 16.7. The van der Waals surface area contributed by atoms with Gasteiger partial charge < -0.3 is 4.74 Å². The fraction of sp³-hybridized carbons (Fsp3) is 0.0435. The zero-order valence-corrected chi connectivity index (χ0v) is 19.3. The lowest BCUT2D eigenvalue weighted by Crippen LogP contribution is -2.35. The number of nitro benzene ring substituents is 2. The highest BCUT2D eigenvalue weighted by molar-refractivity contribution is 9.10. The van der Waals surface area contributed by atoms with Gasteiger partial charge in [-0.1, -0.05) is 18.2 Å². The second-order valence-electron chi connectivity index (χ2n) is 7.30. The van der Waals surface area contributed by atoms with Crippen LogP contribution in [0.3, 0.4) is 0 Å². The Hall–Kier alpha value is -4.58. The lowest BCUT2D eigenvalue weighted by atomic mass is 10.1. The molecular formula is C23H15BrN4O7. The van der Waals surface area contributed by atoms with Gasteiger partial charge in [0.1, 0.15) is 12.2 Å².